The van der Waals surface area contributed by atoms with E-state index in [1.54, 1.807) is 18.6 Å². The predicted molar refractivity (Wildman–Crippen MR) is 65.0 cm³/mol. The molecule has 0 aromatic carbocycles. The third kappa shape index (κ3) is 2.36. The fourth-order valence-electron chi connectivity index (χ4n) is 1.88. The molecule has 0 aliphatic carbocycles. The zero-order chi connectivity index (χ0) is 12.3. The Morgan fingerprint density at radius 3 is 3.00 bits per heavy atom. The first-order valence-corrected chi connectivity index (χ1v) is 5.82. The standard InChI is InChI=1S/C11H17N5O/c1-3-4-9(12-2)8-16-11(17)15-6-5-13-7-10(15)14-16/h5-7,9,12H,3-4,8H2,1-2H3. The fraction of sp³-hybridized carbons (Fsp3) is 0.545. The fourth-order valence-corrected chi connectivity index (χ4v) is 1.88. The summed E-state index contributed by atoms with van der Waals surface area (Å²) in [4.78, 5) is 15.9. The molecule has 17 heavy (non-hydrogen) atoms. The largest absolute Gasteiger partial charge is 0.350 e. The number of hydrogen-bond donors (Lipinski definition) is 1. The second kappa shape index (κ2) is 5.09. The van der Waals surface area contributed by atoms with E-state index in [9.17, 15) is 4.79 Å². The van der Waals surface area contributed by atoms with Crippen LogP contribution >= 0.6 is 0 Å². The molecule has 0 saturated heterocycles. The number of hydrogen-bond acceptors (Lipinski definition) is 4. The van der Waals surface area contributed by atoms with Crippen LogP contribution in [0, 0.1) is 0 Å². The SMILES string of the molecule is CCCC(Cn1nc2cnccn2c1=O)NC. The minimum Gasteiger partial charge on any atom is -0.315 e. The van der Waals surface area contributed by atoms with Gasteiger partial charge in [-0.3, -0.25) is 4.98 Å². The highest BCUT2D eigenvalue weighted by molar-refractivity contribution is 5.31. The van der Waals surface area contributed by atoms with E-state index in [-0.39, 0.29) is 11.7 Å². The average molecular weight is 235 g/mol. The van der Waals surface area contributed by atoms with E-state index < -0.39 is 0 Å². The second-order valence-corrected chi connectivity index (χ2v) is 4.04. The smallest absolute Gasteiger partial charge is 0.315 e. The molecule has 6 nitrogen and oxygen atoms in total. The maximum atomic E-state index is 12.0. The number of nitrogens with zero attached hydrogens (tertiary/aromatic N) is 4. The van der Waals surface area contributed by atoms with E-state index in [1.165, 1.54) is 9.08 Å². The summed E-state index contributed by atoms with van der Waals surface area (Å²) in [5.74, 6) is 0. The maximum absolute atomic E-state index is 12.0. The Balaban J connectivity index is 2.29. The molecule has 0 aliphatic rings. The molecule has 6 heteroatoms. The molecule has 2 heterocycles. The topological polar surface area (TPSA) is 64.2 Å². The van der Waals surface area contributed by atoms with E-state index >= 15 is 0 Å². The normalized spacial score (nSPS) is 13.1. The third-order valence-electron chi connectivity index (χ3n) is 2.83. The van der Waals surface area contributed by atoms with Gasteiger partial charge in [0.15, 0.2) is 5.65 Å². The maximum Gasteiger partial charge on any atom is 0.350 e. The molecular weight excluding hydrogens is 218 g/mol. The molecule has 1 unspecified atom stereocenters. The lowest BCUT2D eigenvalue weighted by atomic mass is 10.2. The Labute approximate surface area is 99.3 Å². The highest BCUT2D eigenvalue weighted by Gasteiger charge is 2.11. The lowest BCUT2D eigenvalue weighted by Crippen LogP contribution is -2.34. The van der Waals surface area contributed by atoms with Gasteiger partial charge in [0.25, 0.3) is 0 Å². The molecule has 0 spiro atoms. The Bertz CT molecular complexity index is 544. The summed E-state index contributed by atoms with van der Waals surface area (Å²) in [6, 6.07) is 0.274. The number of aromatic nitrogens is 4. The number of nitrogens with one attached hydrogen (secondary N) is 1. The Hall–Kier alpha value is -1.69. The van der Waals surface area contributed by atoms with Gasteiger partial charge in [-0.05, 0) is 13.5 Å². The van der Waals surface area contributed by atoms with Crippen LogP contribution in [0.2, 0.25) is 0 Å². The molecule has 2 aromatic heterocycles. The van der Waals surface area contributed by atoms with Crippen molar-refractivity contribution in [3.63, 3.8) is 0 Å². The van der Waals surface area contributed by atoms with E-state index in [0.29, 0.717) is 12.2 Å². The van der Waals surface area contributed by atoms with Gasteiger partial charge in [-0.1, -0.05) is 13.3 Å². The van der Waals surface area contributed by atoms with Crippen molar-refractivity contribution >= 4 is 5.65 Å². The monoisotopic (exact) mass is 235 g/mol. The van der Waals surface area contributed by atoms with Crippen LogP contribution in [-0.4, -0.2) is 32.3 Å². The van der Waals surface area contributed by atoms with Crippen molar-refractivity contribution in [2.45, 2.75) is 32.4 Å². The van der Waals surface area contributed by atoms with Crippen molar-refractivity contribution in [1.82, 2.24) is 24.5 Å². The first kappa shape index (κ1) is 11.8. The van der Waals surface area contributed by atoms with Crippen LogP contribution in [-0.2, 0) is 6.54 Å². The van der Waals surface area contributed by atoms with Crippen LogP contribution in [0.25, 0.3) is 5.65 Å². The zero-order valence-corrected chi connectivity index (χ0v) is 10.1. The van der Waals surface area contributed by atoms with E-state index in [1.807, 2.05) is 7.05 Å². The van der Waals surface area contributed by atoms with Gasteiger partial charge in [0.1, 0.15) is 0 Å². The van der Waals surface area contributed by atoms with Gasteiger partial charge in [0, 0.05) is 18.4 Å². The number of likely N-dealkylation sites (N-methyl/N-ethyl adjacent to an activating group) is 1. The van der Waals surface area contributed by atoms with Gasteiger partial charge in [-0.2, -0.15) is 0 Å². The molecule has 0 amide bonds. The Kier molecular flexibility index (Phi) is 3.53. The predicted octanol–water partition coefficient (Wildman–Crippen LogP) is 0.279. The molecule has 1 atom stereocenters. The molecule has 92 valence electrons. The van der Waals surface area contributed by atoms with Crippen LogP contribution in [0.15, 0.2) is 23.4 Å². The summed E-state index contributed by atoms with van der Waals surface area (Å²) in [6.45, 7) is 2.71. The minimum absolute atomic E-state index is 0.112. The molecule has 0 bridgehead atoms. The van der Waals surface area contributed by atoms with Crippen molar-refractivity contribution in [3.8, 4) is 0 Å². The van der Waals surface area contributed by atoms with Gasteiger partial charge in [0.05, 0.1) is 12.7 Å². The van der Waals surface area contributed by atoms with Gasteiger partial charge in [-0.25, -0.2) is 13.9 Å². The summed E-state index contributed by atoms with van der Waals surface area (Å²) in [5.41, 5.74) is 0.475. The first-order chi connectivity index (χ1) is 8.26. The highest BCUT2D eigenvalue weighted by atomic mass is 16.2. The van der Waals surface area contributed by atoms with Crippen LogP contribution in [0.4, 0.5) is 0 Å². The van der Waals surface area contributed by atoms with Crippen molar-refractivity contribution in [2.75, 3.05) is 7.05 Å². The highest BCUT2D eigenvalue weighted by Crippen LogP contribution is 1.99. The van der Waals surface area contributed by atoms with Crippen LogP contribution in [0.3, 0.4) is 0 Å². The number of rotatable bonds is 5. The molecular formula is C11H17N5O. The van der Waals surface area contributed by atoms with Gasteiger partial charge < -0.3 is 5.32 Å². The van der Waals surface area contributed by atoms with Crippen LogP contribution in [0.5, 0.6) is 0 Å². The summed E-state index contributed by atoms with van der Waals surface area (Å²) in [5, 5.41) is 7.45. The minimum atomic E-state index is -0.112. The summed E-state index contributed by atoms with van der Waals surface area (Å²) in [6.07, 6.45) is 6.91. The van der Waals surface area contributed by atoms with Crippen molar-refractivity contribution in [2.24, 2.45) is 0 Å². The van der Waals surface area contributed by atoms with Gasteiger partial charge >= 0.3 is 5.69 Å². The molecule has 0 aliphatic heterocycles. The van der Waals surface area contributed by atoms with Crippen LogP contribution in [0.1, 0.15) is 19.8 Å². The molecule has 2 rings (SSSR count). The third-order valence-corrected chi connectivity index (χ3v) is 2.83. The van der Waals surface area contributed by atoms with Gasteiger partial charge in [-0.15, -0.1) is 5.10 Å². The van der Waals surface area contributed by atoms with Crippen LogP contribution < -0.4 is 11.0 Å². The van der Waals surface area contributed by atoms with Crippen molar-refractivity contribution < 1.29 is 0 Å². The number of fused-ring (bicyclic) bond motifs is 1. The van der Waals surface area contributed by atoms with Crippen molar-refractivity contribution in [1.29, 1.82) is 0 Å². The lowest BCUT2D eigenvalue weighted by molar-refractivity contribution is 0.419. The summed E-state index contributed by atoms with van der Waals surface area (Å²) < 4.78 is 3.00. The lowest BCUT2D eigenvalue weighted by Gasteiger charge is -2.13. The van der Waals surface area contributed by atoms with E-state index in [2.05, 4.69) is 22.3 Å². The molecule has 0 saturated carbocycles. The average Bonchev–Trinajstić information content (AvgIpc) is 2.66. The van der Waals surface area contributed by atoms with Crippen molar-refractivity contribution in [3.05, 3.63) is 29.1 Å². The zero-order valence-electron chi connectivity index (χ0n) is 10.1. The quantitative estimate of drug-likeness (QED) is 0.808. The van der Waals surface area contributed by atoms with E-state index in [0.717, 1.165) is 12.8 Å². The van der Waals surface area contributed by atoms with E-state index in [4.69, 9.17) is 0 Å². The molecule has 2 aromatic rings. The summed E-state index contributed by atoms with van der Waals surface area (Å²) in [7, 11) is 1.91. The summed E-state index contributed by atoms with van der Waals surface area (Å²) >= 11 is 0. The first-order valence-electron chi connectivity index (χ1n) is 5.82. The Morgan fingerprint density at radius 2 is 2.35 bits per heavy atom. The van der Waals surface area contributed by atoms with Gasteiger partial charge in [0.2, 0.25) is 0 Å². The molecule has 0 fully saturated rings. The Morgan fingerprint density at radius 1 is 1.53 bits per heavy atom. The molecule has 1 N–H and O–H groups in total. The molecule has 0 radical (unpaired) electrons. The second-order valence-electron chi connectivity index (χ2n) is 4.04.